The van der Waals surface area contributed by atoms with Crippen LogP contribution in [0.2, 0.25) is 0 Å². The molecule has 6 nitrogen and oxygen atoms in total. The Morgan fingerprint density at radius 3 is 2.76 bits per heavy atom. The summed E-state index contributed by atoms with van der Waals surface area (Å²) in [7, 11) is 0. The first-order valence-electron chi connectivity index (χ1n) is 7.26. The molecular formula is C15H19N3O3. The van der Waals surface area contributed by atoms with Crippen molar-refractivity contribution in [2.75, 3.05) is 25.1 Å². The van der Waals surface area contributed by atoms with Crippen LogP contribution >= 0.6 is 0 Å². The molecule has 1 aromatic rings. The molecule has 1 unspecified atom stereocenters. The Morgan fingerprint density at radius 1 is 1.24 bits per heavy atom. The first-order valence-corrected chi connectivity index (χ1v) is 7.26. The highest BCUT2D eigenvalue weighted by Gasteiger charge is 2.26. The van der Waals surface area contributed by atoms with E-state index in [0.29, 0.717) is 31.0 Å². The van der Waals surface area contributed by atoms with E-state index in [2.05, 4.69) is 16.0 Å². The van der Waals surface area contributed by atoms with Crippen LogP contribution in [0.4, 0.5) is 5.69 Å². The summed E-state index contributed by atoms with van der Waals surface area (Å²) in [5, 5.41) is 8.84. The monoisotopic (exact) mass is 289 g/mol. The van der Waals surface area contributed by atoms with E-state index >= 15 is 0 Å². The Balaban J connectivity index is 1.68. The van der Waals surface area contributed by atoms with Crippen LogP contribution in [0.5, 0.6) is 0 Å². The lowest BCUT2D eigenvalue weighted by Gasteiger charge is -2.23. The van der Waals surface area contributed by atoms with Crippen molar-refractivity contribution in [2.24, 2.45) is 0 Å². The molecular weight excluding hydrogens is 270 g/mol. The van der Waals surface area contributed by atoms with Gasteiger partial charge in [0.05, 0.1) is 24.5 Å². The molecule has 21 heavy (non-hydrogen) atoms. The van der Waals surface area contributed by atoms with Crippen molar-refractivity contribution in [2.45, 2.75) is 24.9 Å². The van der Waals surface area contributed by atoms with Crippen LogP contribution in [0.15, 0.2) is 24.3 Å². The lowest BCUT2D eigenvalue weighted by molar-refractivity contribution is -0.120. The Bertz CT molecular complexity index is 537. The number of nitrogens with one attached hydrogen (secondary N) is 3. The Labute approximate surface area is 123 Å². The molecule has 0 spiro atoms. The second kappa shape index (κ2) is 6.24. The van der Waals surface area contributed by atoms with Gasteiger partial charge < -0.3 is 20.7 Å². The predicted octanol–water partition coefficient (Wildman–Crippen LogP) is 0.506. The third-order valence-corrected chi connectivity index (χ3v) is 3.58. The molecule has 0 bridgehead atoms. The first kappa shape index (κ1) is 14.0. The minimum Gasteiger partial charge on any atom is -0.378 e. The third-order valence-electron chi connectivity index (χ3n) is 3.58. The van der Waals surface area contributed by atoms with Gasteiger partial charge in [-0.2, -0.15) is 0 Å². The van der Waals surface area contributed by atoms with Crippen LogP contribution in [-0.2, 0) is 9.53 Å². The second-order valence-electron chi connectivity index (χ2n) is 5.36. The molecule has 0 radical (unpaired) electrons. The highest BCUT2D eigenvalue weighted by atomic mass is 16.5. The van der Waals surface area contributed by atoms with Gasteiger partial charge in [-0.1, -0.05) is 12.1 Å². The number of para-hydroxylation sites is 1. The normalized spacial score (nSPS) is 21.6. The Hall–Kier alpha value is -1.92. The van der Waals surface area contributed by atoms with E-state index < -0.39 is 0 Å². The average molecular weight is 289 g/mol. The zero-order valence-electron chi connectivity index (χ0n) is 11.7. The van der Waals surface area contributed by atoms with E-state index in [-0.39, 0.29) is 23.9 Å². The standard InChI is InChI=1S/C15H19N3O3/c19-14(17-10-5-6-10)11-3-1-2-4-12(11)18-15(20)13-9-21-8-7-16-13/h1-4,10,13,16H,5-9H2,(H,17,19)(H,18,20). The van der Waals surface area contributed by atoms with Crippen LogP contribution < -0.4 is 16.0 Å². The number of anilines is 1. The summed E-state index contributed by atoms with van der Waals surface area (Å²) in [6.45, 7) is 1.62. The fourth-order valence-corrected chi connectivity index (χ4v) is 2.23. The van der Waals surface area contributed by atoms with Gasteiger partial charge in [0.2, 0.25) is 5.91 Å². The molecule has 1 saturated carbocycles. The van der Waals surface area contributed by atoms with Gasteiger partial charge in [-0.05, 0) is 25.0 Å². The van der Waals surface area contributed by atoms with Gasteiger partial charge in [0, 0.05) is 12.6 Å². The number of carbonyl (C=O) groups is 2. The number of amides is 2. The second-order valence-corrected chi connectivity index (χ2v) is 5.36. The lowest BCUT2D eigenvalue weighted by atomic mass is 10.1. The number of ether oxygens (including phenoxy) is 1. The maximum atomic E-state index is 12.2. The number of benzene rings is 1. The van der Waals surface area contributed by atoms with Gasteiger partial charge in [-0.3, -0.25) is 9.59 Å². The number of carbonyl (C=O) groups excluding carboxylic acids is 2. The third kappa shape index (κ3) is 3.59. The van der Waals surface area contributed by atoms with E-state index in [1.165, 1.54) is 0 Å². The van der Waals surface area contributed by atoms with Gasteiger partial charge in [0.15, 0.2) is 0 Å². The van der Waals surface area contributed by atoms with Crippen molar-refractivity contribution in [3.05, 3.63) is 29.8 Å². The molecule has 1 saturated heterocycles. The summed E-state index contributed by atoms with van der Waals surface area (Å²) in [6, 6.07) is 6.96. The highest BCUT2D eigenvalue weighted by Crippen LogP contribution is 2.21. The molecule has 3 rings (SSSR count). The van der Waals surface area contributed by atoms with Gasteiger partial charge in [0.25, 0.3) is 5.91 Å². The van der Waals surface area contributed by atoms with Crippen LogP contribution in [-0.4, -0.2) is 43.7 Å². The molecule has 1 heterocycles. The van der Waals surface area contributed by atoms with Crippen molar-refractivity contribution in [1.82, 2.24) is 10.6 Å². The van der Waals surface area contributed by atoms with Crippen LogP contribution in [0.1, 0.15) is 23.2 Å². The zero-order valence-corrected chi connectivity index (χ0v) is 11.7. The fourth-order valence-electron chi connectivity index (χ4n) is 2.23. The summed E-state index contributed by atoms with van der Waals surface area (Å²) in [6.07, 6.45) is 2.06. The van der Waals surface area contributed by atoms with E-state index in [0.717, 1.165) is 12.8 Å². The average Bonchev–Trinajstić information content (AvgIpc) is 3.32. The number of rotatable bonds is 4. The minimum atomic E-state index is -0.377. The molecule has 2 amide bonds. The van der Waals surface area contributed by atoms with Gasteiger partial charge in [0.1, 0.15) is 6.04 Å². The molecule has 1 aromatic carbocycles. The number of hydrogen-bond acceptors (Lipinski definition) is 4. The first-order chi connectivity index (χ1) is 10.2. The SMILES string of the molecule is O=C(NC1CC1)c1ccccc1NC(=O)C1COCCN1. The van der Waals surface area contributed by atoms with Crippen molar-refractivity contribution >= 4 is 17.5 Å². The largest absolute Gasteiger partial charge is 0.378 e. The molecule has 0 aromatic heterocycles. The smallest absolute Gasteiger partial charge is 0.253 e. The summed E-state index contributed by atoms with van der Waals surface area (Å²) in [5.74, 6) is -0.317. The lowest BCUT2D eigenvalue weighted by Crippen LogP contribution is -2.49. The van der Waals surface area contributed by atoms with E-state index in [1.807, 2.05) is 0 Å². The predicted molar refractivity (Wildman–Crippen MR) is 78.2 cm³/mol. The zero-order chi connectivity index (χ0) is 14.7. The van der Waals surface area contributed by atoms with Crippen LogP contribution in [0.25, 0.3) is 0 Å². The van der Waals surface area contributed by atoms with Gasteiger partial charge >= 0.3 is 0 Å². The molecule has 112 valence electrons. The molecule has 6 heteroatoms. The highest BCUT2D eigenvalue weighted by molar-refractivity contribution is 6.05. The molecule has 1 atom stereocenters. The summed E-state index contributed by atoms with van der Waals surface area (Å²) >= 11 is 0. The molecule has 2 aliphatic rings. The minimum absolute atomic E-state index is 0.138. The van der Waals surface area contributed by atoms with Crippen molar-refractivity contribution in [3.8, 4) is 0 Å². The Kier molecular flexibility index (Phi) is 4.17. The van der Waals surface area contributed by atoms with E-state index in [1.54, 1.807) is 24.3 Å². The van der Waals surface area contributed by atoms with Crippen molar-refractivity contribution in [1.29, 1.82) is 0 Å². The van der Waals surface area contributed by atoms with E-state index in [9.17, 15) is 9.59 Å². The maximum Gasteiger partial charge on any atom is 0.253 e. The summed E-state index contributed by atoms with van der Waals surface area (Å²) in [4.78, 5) is 24.4. The van der Waals surface area contributed by atoms with Crippen molar-refractivity contribution in [3.63, 3.8) is 0 Å². The quantitative estimate of drug-likeness (QED) is 0.754. The number of morpholine rings is 1. The molecule has 1 aliphatic carbocycles. The van der Waals surface area contributed by atoms with Crippen LogP contribution in [0.3, 0.4) is 0 Å². The Morgan fingerprint density at radius 2 is 2.05 bits per heavy atom. The van der Waals surface area contributed by atoms with Gasteiger partial charge in [-0.15, -0.1) is 0 Å². The fraction of sp³-hybridized carbons (Fsp3) is 0.467. The summed E-state index contributed by atoms with van der Waals surface area (Å²) < 4.78 is 5.28. The maximum absolute atomic E-state index is 12.2. The molecule has 2 fully saturated rings. The molecule has 1 aliphatic heterocycles. The topological polar surface area (TPSA) is 79.5 Å². The van der Waals surface area contributed by atoms with Crippen LogP contribution in [0, 0.1) is 0 Å². The van der Waals surface area contributed by atoms with Gasteiger partial charge in [-0.25, -0.2) is 0 Å². The van der Waals surface area contributed by atoms with E-state index in [4.69, 9.17) is 4.74 Å². The number of hydrogen-bond donors (Lipinski definition) is 3. The molecule has 3 N–H and O–H groups in total. The summed E-state index contributed by atoms with van der Waals surface area (Å²) in [5.41, 5.74) is 1.03. The van der Waals surface area contributed by atoms with Crippen molar-refractivity contribution < 1.29 is 14.3 Å².